The lowest BCUT2D eigenvalue weighted by Gasteiger charge is -2.26. The zero-order valence-electron chi connectivity index (χ0n) is 11.5. The lowest BCUT2D eigenvalue weighted by Crippen LogP contribution is -2.32. The molecule has 0 atom stereocenters. The van der Waals surface area contributed by atoms with Gasteiger partial charge in [0.15, 0.2) is 0 Å². The highest BCUT2D eigenvalue weighted by Crippen LogP contribution is 2.29. The van der Waals surface area contributed by atoms with Gasteiger partial charge in [0.05, 0.1) is 5.02 Å². The van der Waals surface area contributed by atoms with E-state index >= 15 is 0 Å². The molecule has 0 heterocycles. The molecule has 0 N–H and O–H groups in total. The van der Waals surface area contributed by atoms with E-state index < -0.39 is 10.0 Å². The van der Waals surface area contributed by atoms with Crippen LogP contribution in [0.5, 0.6) is 0 Å². The van der Waals surface area contributed by atoms with E-state index in [9.17, 15) is 8.42 Å². The first-order valence-electron chi connectivity index (χ1n) is 6.82. The van der Waals surface area contributed by atoms with Crippen molar-refractivity contribution in [1.82, 2.24) is 4.31 Å². The molecular formula is C14H19BrClNO2S. The number of nitrogens with zero attached hydrogens (tertiary/aromatic N) is 1. The molecule has 0 bridgehead atoms. The van der Waals surface area contributed by atoms with Gasteiger partial charge in [0.2, 0.25) is 10.0 Å². The Morgan fingerprint density at radius 1 is 1.30 bits per heavy atom. The summed E-state index contributed by atoms with van der Waals surface area (Å²) in [6.45, 7) is 0.578. The lowest BCUT2D eigenvalue weighted by molar-refractivity contribution is 0.300. The molecule has 112 valence electrons. The van der Waals surface area contributed by atoms with Crippen molar-refractivity contribution in [1.29, 1.82) is 0 Å². The topological polar surface area (TPSA) is 37.4 Å². The average Bonchev–Trinajstić information content (AvgIpc) is 2.39. The zero-order valence-corrected chi connectivity index (χ0v) is 14.6. The second-order valence-electron chi connectivity index (χ2n) is 5.36. The first-order valence-corrected chi connectivity index (χ1v) is 9.44. The van der Waals surface area contributed by atoms with E-state index in [0.717, 1.165) is 17.3 Å². The van der Waals surface area contributed by atoms with Crippen LogP contribution in [0.25, 0.3) is 0 Å². The minimum Gasteiger partial charge on any atom is -0.207 e. The fraction of sp³-hybridized carbons (Fsp3) is 0.571. The third-order valence-corrected chi connectivity index (χ3v) is 6.62. The quantitative estimate of drug-likeness (QED) is 0.781. The second-order valence-corrected chi connectivity index (χ2v) is 8.70. The van der Waals surface area contributed by atoms with Gasteiger partial charge in [-0.25, -0.2) is 12.7 Å². The van der Waals surface area contributed by atoms with E-state index in [4.69, 9.17) is 11.6 Å². The van der Waals surface area contributed by atoms with E-state index in [1.54, 1.807) is 25.2 Å². The van der Waals surface area contributed by atoms with Gasteiger partial charge in [0.1, 0.15) is 4.90 Å². The first-order chi connectivity index (χ1) is 9.41. The number of sulfonamides is 1. The molecule has 0 aliphatic heterocycles. The smallest absolute Gasteiger partial charge is 0.207 e. The summed E-state index contributed by atoms with van der Waals surface area (Å²) < 4.78 is 27.3. The van der Waals surface area contributed by atoms with Crippen molar-refractivity contribution in [3.8, 4) is 0 Å². The van der Waals surface area contributed by atoms with Crippen LogP contribution in [-0.2, 0) is 10.0 Å². The summed E-state index contributed by atoms with van der Waals surface area (Å²) in [6.07, 6.45) is 5.92. The molecule has 2 rings (SSSR count). The minimum atomic E-state index is -3.51. The SMILES string of the molecule is CN(CC1CCCCC1)S(=O)(=O)c1ccc(Br)cc1Cl. The lowest BCUT2D eigenvalue weighted by atomic mass is 9.89. The third-order valence-electron chi connectivity index (χ3n) is 3.82. The van der Waals surface area contributed by atoms with E-state index in [2.05, 4.69) is 15.9 Å². The Hall–Kier alpha value is -0.100. The minimum absolute atomic E-state index is 0.181. The molecule has 1 aromatic carbocycles. The Labute approximate surface area is 134 Å². The van der Waals surface area contributed by atoms with Gasteiger partial charge in [0.25, 0.3) is 0 Å². The number of rotatable bonds is 4. The summed E-state index contributed by atoms with van der Waals surface area (Å²) in [5, 5.41) is 0.259. The fourth-order valence-corrected chi connectivity index (χ4v) is 4.94. The normalized spacial score (nSPS) is 17.6. The number of benzene rings is 1. The van der Waals surface area contributed by atoms with Gasteiger partial charge >= 0.3 is 0 Å². The Morgan fingerprint density at radius 3 is 2.55 bits per heavy atom. The molecule has 1 saturated carbocycles. The molecule has 0 radical (unpaired) electrons. The van der Waals surface area contributed by atoms with Gasteiger partial charge in [-0.15, -0.1) is 0 Å². The molecule has 1 aliphatic carbocycles. The summed E-state index contributed by atoms with van der Waals surface area (Å²) in [7, 11) is -1.86. The third kappa shape index (κ3) is 3.75. The van der Waals surface area contributed by atoms with E-state index in [-0.39, 0.29) is 9.92 Å². The molecule has 0 amide bonds. The van der Waals surface area contributed by atoms with Gasteiger partial charge in [-0.3, -0.25) is 0 Å². The summed E-state index contributed by atoms with van der Waals surface area (Å²) >= 11 is 9.35. The standard InChI is InChI=1S/C14H19BrClNO2S/c1-17(10-11-5-3-2-4-6-11)20(18,19)14-8-7-12(15)9-13(14)16/h7-9,11H,2-6,10H2,1H3. The predicted octanol–water partition coefficient (Wildman–Crippen LogP) is 4.30. The molecule has 6 heteroatoms. The molecule has 20 heavy (non-hydrogen) atoms. The summed E-state index contributed by atoms with van der Waals surface area (Å²) in [5.74, 6) is 0.470. The number of hydrogen-bond donors (Lipinski definition) is 0. The van der Waals surface area contributed by atoms with Crippen LogP contribution >= 0.6 is 27.5 Å². The van der Waals surface area contributed by atoms with Crippen molar-refractivity contribution in [2.45, 2.75) is 37.0 Å². The maximum atomic E-state index is 12.6. The van der Waals surface area contributed by atoms with Gasteiger partial charge in [-0.2, -0.15) is 0 Å². The van der Waals surface area contributed by atoms with Gasteiger partial charge in [-0.1, -0.05) is 46.8 Å². The van der Waals surface area contributed by atoms with Crippen LogP contribution in [0.15, 0.2) is 27.6 Å². The Balaban J connectivity index is 2.16. The molecular weight excluding hydrogens is 362 g/mol. The molecule has 0 aromatic heterocycles. The van der Waals surface area contributed by atoms with Crippen molar-refractivity contribution in [2.75, 3.05) is 13.6 Å². The number of hydrogen-bond acceptors (Lipinski definition) is 2. The van der Waals surface area contributed by atoms with Crippen LogP contribution in [0.2, 0.25) is 5.02 Å². The molecule has 3 nitrogen and oxygen atoms in total. The van der Waals surface area contributed by atoms with Crippen LogP contribution in [0.4, 0.5) is 0 Å². The number of halogens is 2. The van der Waals surface area contributed by atoms with Crippen molar-refractivity contribution in [3.05, 3.63) is 27.7 Å². The average molecular weight is 381 g/mol. The molecule has 1 fully saturated rings. The van der Waals surface area contributed by atoms with Crippen LogP contribution < -0.4 is 0 Å². The van der Waals surface area contributed by atoms with Crippen LogP contribution in [0.3, 0.4) is 0 Å². The Bertz CT molecular complexity index is 571. The highest BCUT2D eigenvalue weighted by atomic mass is 79.9. The molecule has 0 spiro atoms. The van der Waals surface area contributed by atoms with Crippen LogP contribution in [0, 0.1) is 5.92 Å². The summed E-state index contributed by atoms with van der Waals surface area (Å²) in [4.78, 5) is 0.181. The Morgan fingerprint density at radius 2 is 1.95 bits per heavy atom. The predicted molar refractivity (Wildman–Crippen MR) is 85.5 cm³/mol. The summed E-state index contributed by atoms with van der Waals surface area (Å²) in [6, 6.07) is 4.87. The molecule has 0 unspecified atom stereocenters. The van der Waals surface area contributed by atoms with Crippen molar-refractivity contribution in [3.63, 3.8) is 0 Å². The highest BCUT2D eigenvalue weighted by Gasteiger charge is 2.26. The first kappa shape index (κ1) is 16.3. The highest BCUT2D eigenvalue weighted by molar-refractivity contribution is 9.10. The van der Waals surface area contributed by atoms with Gasteiger partial charge in [0, 0.05) is 18.1 Å². The summed E-state index contributed by atoms with van der Waals surface area (Å²) in [5.41, 5.74) is 0. The zero-order chi connectivity index (χ0) is 14.8. The second kappa shape index (κ2) is 6.77. The maximum Gasteiger partial charge on any atom is 0.244 e. The van der Waals surface area contributed by atoms with Crippen molar-refractivity contribution < 1.29 is 8.42 Å². The molecule has 1 aliphatic rings. The molecule has 0 saturated heterocycles. The van der Waals surface area contributed by atoms with E-state index in [1.165, 1.54) is 23.6 Å². The van der Waals surface area contributed by atoms with E-state index in [0.29, 0.717) is 12.5 Å². The maximum absolute atomic E-state index is 12.6. The van der Waals surface area contributed by atoms with Crippen molar-refractivity contribution >= 4 is 37.6 Å². The monoisotopic (exact) mass is 379 g/mol. The van der Waals surface area contributed by atoms with Gasteiger partial charge < -0.3 is 0 Å². The Kier molecular flexibility index (Phi) is 5.51. The van der Waals surface area contributed by atoms with Crippen LogP contribution in [0.1, 0.15) is 32.1 Å². The fourth-order valence-electron chi connectivity index (χ4n) is 2.68. The molecule has 1 aromatic rings. The van der Waals surface area contributed by atoms with Crippen LogP contribution in [-0.4, -0.2) is 26.3 Å². The van der Waals surface area contributed by atoms with E-state index in [1.807, 2.05) is 0 Å². The van der Waals surface area contributed by atoms with Gasteiger partial charge in [-0.05, 0) is 37.0 Å². The van der Waals surface area contributed by atoms with Crippen molar-refractivity contribution in [2.24, 2.45) is 5.92 Å². The largest absolute Gasteiger partial charge is 0.244 e.